The Labute approximate surface area is 146 Å². The number of allylic oxidation sites excluding steroid dienone is 1. The van der Waals surface area contributed by atoms with E-state index in [1.165, 1.54) is 9.37 Å². The van der Waals surface area contributed by atoms with E-state index in [1.807, 2.05) is 0 Å². The maximum absolute atomic E-state index is 12.8. The summed E-state index contributed by atoms with van der Waals surface area (Å²) >= 11 is 6.20. The standard InChI is InChI=1S/C16H19ClN2O4S/c1-3-19(24(2,21)22)14-7-5-4-6-12(14)16(20)18-10-13(17)15(23-18)11-8-9-11/h4-7,11H,3,8-10H2,1-2H3. The molecule has 0 unspecified atom stereocenters. The van der Waals surface area contributed by atoms with Gasteiger partial charge in [0.2, 0.25) is 10.0 Å². The zero-order valence-corrected chi connectivity index (χ0v) is 15.1. The van der Waals surface area contributed by atoms with Crippen molar-refractivity contribution in [3.8, 4) is 0 Å². The van der Waals surface area contributed by atoms with Crippen LogP contribution in [-0.4, -0.2) is 38.7 Å². The third kappa shape index (κ3) is 3.23. The van der Waals surface area contributed by atoms with Gasteiger partial charge in [0.05, 0.1) is 29.1 Å². The minimum Gasteiger partial charge on any atom is -0.379 e. The molecule has 1 aromatic carbocycles. The van der Waals surface area contributed by atoms with Gasteiger partial charge in [0.1, 0.15) is 0 Å². The second-order valence-corrected chi connectivity index (χ2v) is 8.28. The SMILES string of the molecule is CCN(c1ccccc1C(=O)N1CC(Cl)=C(C2CC2)O1)S(C)(=O)=O. The number of hydrogen-bond acceptors (Lipinski definition) is 4. The highest BCUT2D eigenvalue weighted by Gasteiger charge is 2.38. The average molecular weight is 371 g/mol. The molecule has 1 aliphatic carbocycles. The van der Waals surface area contributed by atoms with Gasteiger partial charge in [-0.05, 0) is 31.9 Å². The summed E-state index contributed by atoms with van der Waals surface area (Å²) in [5, 5.41) is 1.74. The van der Waals surface area contributed by atoms with Crippen LogP contribution in [0, 0.1) is 5.92 Å². The fraction of sp³-hybridized carbons (Fsp3) is 0.438. The normalized spacial score (nSPS) is 17.9. The number of carbonyl (C=O) groups is 1. The van der Waals surface area contributed by atoms with Crippen LogP contribution in [0.3, 0.4) is 0 Å². The topological polar surface area (TPSA) is 66.9 Å². The molecule has 1 aromatic rings. The Morgan fingerprint density at radius 3 is 2.62 bits per heavy atom. The van der Waals surface area contributed by atoms with Gasteiger partial charge in [-0.15, -0.1) is 0 Å². The first kappa shape index (κ1) is 17.1. The maximum atomic E-state index is 12.8. The number of anilines is 1. The molecule has 6 nitrogen and oxygen atoms in total. The molecule has 0 radical (unpaired) electrons. The van der Waals surface area contributed by atoms with Crippen LogP contribution in [0.15, 0.2) is 35.1 Å². The largest absolute Gasteiger partial charge is 0.379 e. The van der Waals surface area contributed by atoms with Gasteiger partial charge in [0, 0.05) is 12.5 Å². The Hall–Kier alpha value is -1.73. The van der Waals surface area contributed by atoms with Gasteiger partial charge in [-0.2, -0.15) is 5.06 Å². The fourth-order valence-electron chi connectivity index (χ4n) is 2.75. The molecule has 0 N–H and O–H groups in total. The third-order valence-electron chi connectivity index (χ3n) is 4.02. The van der Waals surface area contributed by atoms with E-state index in [0.29, 0.717) is 22.4 Å². The summed E-state index contributed by atoms with van der Waals surface area (Å²) in [6.07, 6.45) is 3.15. The van der Waals surface area contributed by atoms with Crippen molar-refractivity contribution < 1.29 is 18.0 Å². The fourth-order valence-corrected chi connectivity index (χ4v) is 4.03. The lowest BCUT2D eigenvalue weighted by Crippen LogP contribution is -2.34. The molecule has 0 saturated heterocycles. The molecule has 1 heterocycles. The molecule has 3 rings (SSSR count). The van der Waals surface area contributed by atoms with Crippen LogP contribution in [0.4, 0.5) is 5.69 Å². The number of hydrogen-bond donors (Lipinski definition) is 0. The van der Waals surface area contributed by atoms with Crippen LogP contribution in [0.5, 0.6) is 0 Å². The summed E-state index contributed by atoms with van der Waals surface area (Å²) in [4.78, 5) is 18.5. The molecule has 1 fully saturated rings. The van der Waals surface area contributed by atoms with Gasteiger partial charge in [0.15, 0.2) is 5.76 Å². The number of para-hydroxylation sites is 1. The molecule has 1 aliphatic heterocycles. The summed E-state index contributed by atoms with van der Waals surface area (Å²) in [5.41, 5.74) is 0.610. The highest BCUT2D eigenvalue weighted by atomic mass is 35.5. The summed E-state index contributed by atoms with van der Waals surface area (Å²) in [7, 11) is -3.49. The van der Waals surface area contributed by atoms with Crippen LogP contribution < -0.4 is 4.31 Å². The maximum Gasteiger partial charge on any atom is 0.288 e. The summed E-state index contributed by atoms with van der Waals surface area (Å²) in [6, 6.07) is 6.61. The lowest BCUT2D eigenvalue weighted by atomic mass is 10.1. The Balaban J connectivity index is 1.89. The van der Waals surface area contributed by atoms with Crippen LogP contribution in [0.25, 0.3) is 0 Å². The lowest BCUT2D eigenvalue weighted by Gasteiger charge is -2.24. The minimum absolute atomic E-state index is 0.186. The molecule has 24 heavy (non-hydrogen) atoms. The molecule has 2 aliphatic rings. The number of hydroxylamine groups is 2. The minimum atomic E-state index is -3.49. The predicted molar refractivity (Wildman–Crippen MR) is 92.0 cm³/mol. The molecule has 0 aromatic heterocycles. The van der Waals surface area contributed by atoms with Crippen molar-refractivity contribution >= 4 is 33.2 Å². The van der Waals surface area contributed by atoms with Gasteiger partial charge in [-0.1, -0.05) is 23.7 Å². The Kier molecular flexibility index (Phi) is 4.48. The number of benzene rings is 1. The van der Waals surface area contributed by atoms with Crippen molar-refractivity contribution in [1.29, 1.82) is 0 Å². The number of amides is 1. The van der Waals surface area contributed by atoms with Crippen LogP contribution >= 0.6 is 11.6 Å². The van der Waals surface area contributed by atoms with Crippen molar-refractivity contribution in [2.45, 2.75) is 19.8 Å². The first-order chi connectivity index (χ1) is 11.3. The highest BCUT2D eigenvalue weighted by molar-refractivity contribution is 7.92. The molecular weight excluding hydrogens is 352 g/mol. The molecule has 1 amide bonds. The molecule has 0 bridgehead atoms. The summed E-state index contributed by atoms with van der Waals surface area (Å²) < 4.78 is 25.2. The van der Waals surface area contributed by atoms with E-state index in [9.17, 15) is 13.2 Å². The Bertz CT molecular complexity index is 802. The highest BCUT2D eigenvalue weighted by Crippen LogP contribution is 2.43. The molecular formula is C16H19ClN2O4S. The summed E-state index contributed by atoms with van der Waals surface area (Å²) in [5.74, 6) is 0.563. The Morgan fingerprint density at radius 2 is 2.04 bits per heavy atom. The van der Waals surface area contributed by atoms with Gasteiger partial charge >= 0.3 is 0 Å². The second-order valence-electron chi connectivity index (χ2n) is 5.92. The zero-order chi connectivity index (χ0) is 17.5. The van der Waals surface area contributed by atoms with E-state index in [0.717, 1.165) is 19.1 Å². The van der Waals surface area contributed by atoms with Crippen LogP contribution in [0.2, 0.25) is 0 Å². The van der Waals surface area contributed by atoms with E-state index in [4.69, 9.17) is 16.4 Å². The van der Waals surface area contributed by atoms with Gasteiger partial charge in [-0.25, -0.2) is 8.42 Å². The van der Waals surface area contributed by atoms with Gasteiger partial charge < -0.3 is 4.84 Å². The third-order valence-corrected chi connectivity index (χ3v) is 5.59. The molecule has 8 heteroatoms. The Morgan fingerprint density at radius 1 is 1.38 bits per heavy atom. The van der Waals surface area contributed by atoms with E-state index in [-0.39, 0.29) is 18.7 Å². The number of rotatable bonds is 5. The van der Waals surface area contributed by atoms with Crippen LogP contribution in [0.1, 0.15) is 30.1 Å². The van der Waals surface area contributed by atoms with Crippen LogP contribution in [-0.2, 0) is 14.9 Å². The predicted octanol–water partition coefficient (Wildman–Crippen LogP) is 2.72. The van der Waals surface area contributed by atoms with E-state index in [1.54, 1.807) is 31.2 Å². The van der Waals surface area contributed by atoms with E-state index >= 15 is 0 Å². The first-order valence-electron chi connectivity index (χ1n) is 7.78. The van der Waals surface area contributed by atoms with E-state index in [2.05, 4.69) is 0 Å². The van der Waals surface area contributed by atoms with Gasteiger partial charge in [0.25, 0.3) is 5.91 Å². The molecule has 0 spiro atoms. The van der Waals surface area contributed by atoms with Gasteiger partial charge in [-0.3, -0.25) is 9.10 Å². The number of halogens is 1. The number of carbonyl (C=O) groups excluding carboxylic acids is 1. The van der Waals surface area contributed by atoms with Crippen molar-refractivity contribution in [2.24, 2.45) is 5.92 Å². The smallest absolute Gasteiger partial charge is 0.288 e. The van der Waals surface area contributed by atoms with Crippen molar-refractivity contribution in [1.82, 2.24) is 5.06 Å². The van der Waals surface area contributed by atoms with Crippen molar-refractivity contribution in [3.63, 3.8) is 0 Å². The molecule has 130 valence electrons. The van der Waals surface area contributed by atoms with Crippen molar-refractivity contribution in [2.75, 3.05) is 23.7 Å². The summed E-state index contributed by atoms with van der Waals surface area (Å²) in [6.45, 7) is 2.14. The van der Waals surface area contributed by atoms with Crippen molar-refractivity contribution in [3.05, 3.63) is 40.6 Å². The number of nitrogens with zero attached hydrogens (tertiary/aromatic N) is 2. The monoisotopic (exact) mass is 370 g/mol. The molecule has 0 atom stereocenters. The average Bonchev–Trinajstić information content (AvgIpc) is 3.29. The molecule has 1 saturated carbocycles. The zero-order valence-electron chi connectivity index (χ0n) is 13.5. The quantitative estimate of drug-likeness (QED) is 0.799. The lowest BCUT2D eigenvalue weighted by molar-refractivity contribution is -0.0642. The first-order valence-corrected chi connectivity index (χ1v) is 10.0. The number of sulfonamides is 1. The van der Waals surface area contributed by atoms with E-state index < -0.39 is 15.9 Å². The second kappa shape index (κ2) is 6.29.